The van der Waals surface area contributed by atoms with Crippen molar-refractivity contribution >= 4 is 17.2 Å². The number of nitrogens with zero attached hydrogens (tertiary/aromatic N) is 3. The van der Waals surface area contributed by atoms with Gasteiger partial charge in [-0.05, 0) is 19.3 Å². The molecule has 1 atom stereocenters. The van der Waals surface area contributed by atoms with Gasteiger partial charge in [0.25, 0.3) is 5.91 Å². The first kappa shape index (κ1) is 16.2. The molecule has 0 aromatic carbocycles. The third-order valence-electron chi connectivity index (χ3n) is 4.36. The Morgan fingerprint density at radius 3 is 3.00 bits per heavy atom. The maximum Gasteiger partial charge on any atom is 0.271 e. The Labute approximate surface area is 141 Å². The first-order valence-electron chi connectivity index (χ1n) is 8.37. The summed E-state index contributed by atoms with van der Waals surface area (Å²) >= 11 is 1.73. The molecule has 6 heteroatoms. The summed E-state index contributed by atoms with van der Waals surface area (Å²) < 4.78 is 0. The van der Waals surface area contributed by atoms with Crippen molar-refractivity contribution in [3.8, 4) is 0 Å². The van der Waals surface area contributed by atoms with Crippen LogP contribution in [0.5, 0.6) is 0 Å². The monoisotopic (exact) mass is 332 g/mol. The average Bonchev–Trinajstić information content (AvgIpc) is 3.23. The molecule has 1 fully saturated rings. The summed E-state index contributed by atoms with van der Waals surface area (Å²) in [5.74, 6) is 1.59. The van der Waals surface area contributed by atoms with Gasteiger partial charge >= 0.3 is 0 Å². The van der Waals surface area contributed by atoms with Gasteiger partial charge in [-0.3, -0.25) is 4.79 Å². The van der Waals surface area contributed by atoms with E-state index in [9.17, 15) is 4.79 Å². The smallest absolute Gasteiger partial charge is 0.271 e. The van der Waals surface area contributed by atoms with Gasteiger partial charge in [-0.1, -0.05) is 20.8 Å². The van der Waals surface area contributed by atoms with Crippen LogP contribution >= 0.6 is 11.3 Å². The number of aryl methyl sites for hydroxylation is 1. The van der Waals surface area contributed by atoms with Crippen LogP contribution in [-0.4, -0.2) is 38.8 Å². The lowest BCUT2D eigenvalue weighted by Crippen LogP contribution is -2.39. The number of hydrogen-bond acceptors (Lipinski definition) is 4. The van der Waals surface area contributed by atoms with Crippen molar-refractivity contribution in [1.29, 1.82) is 0 Å². The number of amides is 1. The second-order valence-electron chi connectivity index (χ2n) is 6.46. The molecule has 0 unspecified atom stereocenters. The summed E-state index contributed by atoms with van der Waals surface area (Å²) in [6.07, 6.45) is 4.78. The predicted octanol–water partition coefficient (Wildman–Crippen LogP) is 3.57. The molecule has 1 amide bonds. The van der Waals surface area contributed by atoms with Crippen LogP contribution in [-0.2, 0) is 6.42 Å². The molecular formula is C17H24N4OS. The molecule has 2 aromatic heterocycles. The number of likely N-dealkylation sites (tertiary alicyclic amines) is 1. The molecule has 3 heterocycles. The van der Waals surface area contributed by atoms with Crippen molar-refractivity contribution in [2.45, 2.75) is 51.9 Å². The van der Waals surface area contributed by atoms with E-state index in [-0.39, 0.29) is 5.91 Å². The van der Waals surface area contributed by atoms with Gasteiger partial charge in [0.2, 0.25) is 0 Å². The Bertz CT molecular complexity index is 676. The Morgan fingerprint density at radius 2 is 2.35 bits per heavy atom. The number of aromatic nitrogens is 3. The molecule has 1 aliphatic heterocycles. The topological polar surface area (TPSA) is 61.9 Å². The zero-order valence-electron chi connectivity index (χ0n) is 14.0. The number of imidazole rings is 1. The molecule has 2 aromatic rings. The van der Waals surface area contributed by atoms with Crippen molar-refractivity contribution < 1.29 is 4.79 Å². The number of thiazole rings is 1. The molecule has 0 aliphatic carbocycles. The van der Waals surface area contributed by atoms with Crippen LogP contribution in [0.25, 0.3) is 0 Å². The van der Waals surface area contributed by atoms with E-state index < -0.39 is 0 Å². The van der Waals surface area contributed by atoms with E-state index in [1.807, 2.05) is 4.90 Å². The molecular weight excluding hydrogens is 308 g/mol. The Morgan fingerprint density at radius 1 is 1.52 bits per heavy atom. The Kier molecular flexibility index (Phi) is 4.80. The second kappa shape index (κ2) is 6.83. The van der Waals surface area contributed by atoms with Crippen LogP contribution in [0.2, 0.25) is 0 Å². The van der Waals surface area contributed by atoms with Gasteiger partial charge in [0.15, 0.2) is 0 Å². The Balaban J connectivity index is 1.70. The first-order valence-corrected chi connectivity index (χ1v) is 9.25. The number of carbonyl (C=O) groups is 1. The SMILES string of the molecule is CCc1csc([C@H]2CCCN(C(=O)c3cnc(C(C)C)[nH]3)C2)n1. The molecule has 23 heavy (non-hydrogen) atoms. The fraction of sp³-hybridized carbons (Fsp3) is 0.588. The van der Waals surface area contributed by atoms with E-state index >= 15 is 0 Å². The maximum absolute atomic E-state index is 12.7. The molecule has 0 bridgehead atoms. The van der Waals surface area contributed by atoms with Gasteiger partial charge in [-0.2, -0.15) is 0 Å². The van der Waals surface area contributed by atoms with Crippen LogP contribution in [0, 0.1) is 0 Å². The normalized spacial score (nSPS) is 18.6. The number of carbonyl (C=O) groups excluding carboxylic acids is 1. The molecule has 0 radical (unpaired) electrons. The van der Waals surface area contributed by atoms with Crippen LogP contribution in [0.15, 0.2) is 11.6 Å². The van der Waals surface area contributed by atoms with E-state index in [2.05, 4.69) is 36.1 Å². The number of piperidine rings is 1. The van der Waals surface area contributed by atoms with E-state index in [0.717, 1.165) is 43.9 Å². The molecule has 124 valence electrons. The van der Waals surface area contributed by atoms with E-state index in [1.54, 1.807) is 17.5 Å². The largest absolute Gasteiger partial charge is 0.338 e. The number of H-pyrrole nitrogens is 1. The molecule has 1 N–H and O–H groups in total. The number of rotatable bonds is 4. The minimum Gasteiger partial charge on any atom is -0.338 e. The fourth-order valence-corrected chi connectivity index (χ4v) is 3.98. The lowest BCUT2D eigenvalue weighted by atomic mass is 9.98. The number of hydrogen-bond donors (Lipinski definition) is 1. The highest BCUT2D eigenvalue weighted by atomic mass is 32.1. The van der Waals surface area contributed by atoms with Crippen LogP contribution in [0.3, 0.4) is 0 Å². The van der Waals surface area contributed by atoms with Crippen molar-refractivity contribution in [3.05, 3.63) is 33.8 Å². The van der Waals surface area contributed by atoms with Gasteiger partial charge < -0.3 is 9.88 Å². The lowest BCUT2D eigenvalue weighted by molar-refractivity contribution is 0.0701. The molecule has 3 rings (SSSR count). The van der Waals surface area contributed by atoms with E-state index in [4.69, 9.17) is 4.98 Å². The minimum absolute atomic E-state index is 0.0568. The summed E-state index contributed by atoms with van der Waals surface area (Å²) in [4.78, 5) is 26.8. The number of aromatic amines is 1. The van der Waals surface area contributed by atoms with Gasteiger partial charge in [-0.15, -0.1) is 11.3 Å². The van der Waals surface area contributed by atoms with Crippen molar-refractivity contribution in [2.75, 3.05) is 13.1 Å². The summed E-state index contributed by atoms with van der Waals surface area (Å²) in [5, 5.41) is 3.31. The summed E-state index contributed by atoms with van der Waals surface area (Å²) in [6.45, 7) is 7.83. The molecule has 1 aliphatic rings. The van der Waals surface area contributed by atoms with Gasteiger partial charge in [0.05, 0.1) is 16.9 Å². The van der Waals surface area contributed by atoms with Crippen LogP contribution < -0.4 is 0 Å². The molecule has 0 spiro atoms. The summed E-state index contributed by atoms with van der Waals surface area (Å²) in [5.41, 5.74) is 1.76. The van der Waals surface area contributed by atoms with Crippen LogP contribution in [0.1, 0.15) is 72.5 Å². The first-order chi connectivity index (χ1) is 11.1. The molecule has 5 nitrogen and oxygen atoms in total. The van der Waals surface area contributed by atoms with Crippen molar-refractivity contribution in [3.63, 3.8) is 0 Å². The Hall–Kier alpha value is -1.69. The number of nitrogens with one attached hydrogen (secondary N) is 1. The highest BCUT2D eigenvalue weighted by molar-refractivity contribution is 7.09. The van der Waals surface area contributed by atoms with Gasteiger partial charge in [-0.25, -0.2) is 9.97 Å². The van der Waals surface area contributed by atoms with Gasteiger partial charge in [0.1, 0.15) is 11.5 Å². The maximum atomic E-state index is 12.7. The van der Waals surface area contributed by atoms with E-state index in [0.29, 0.717) is 17.5 Å². The highest BCUT2D eigenvalue weighted by Gasteiger charge is 2.28. The average molecular weight is 332 g/mol. The molecule has 0 saturated carbocycles. The lowest BCUT2D eigenvalue weighted by Gasteiger charge is -2.31. The quantitative estimate of drug-likeness (QED) is 0.931. The van der Waals surface area contributed by atoms with Gasteiger partial charge in [0, 0.05) is 30.3 Å². The minimum atomic E-state index is 0.0568. The van der Waals surface area contributed by atoms with Crippen molar-refractivity contribution in [2.24, 2.45) is 0 Å². The van der Waals surface area contributed by atoms with E-state index in [1.165, 1.54) is 5.01 Å². The zero-order chi connectivity index (χ0) is 16.4. The fourth-order valence-electron chi connectivity index (χ4n) is 2.94. The zero-order valence-corrected chi connectivity index (χ0v) is 14.8. The summed E-state index contributed by atoms with van der Waals surface area (Å²) in [7, 11) is 0. The highest BCUT2D eigenvalue weighted by Crippen LogP contribution is 2.30. The van der Waals surface area contributed by atoms with Crippen molar-refractivity contribution in [1.82, 2.24) is 19.9 Å². The second-order valence-corrected chi connectivity index (χ2v) is 7.35. The summed E-state index contributed by atoms with van der Waals surface area (Å²) in [6, 6.07) is 0. The third-order valence-corrected chi connectivity index (χ3v) is 5.42. The van der Waals surface area contributed by atoms with Crippen LogP contribution in [0.4, 0.5) is 0 Å². The predicted molar refractivity (Wildman–Crippen MR) is 92.0 cm³/mol. The molecule has 1 saturated heterocycles. The standard InChI is InChI=1S/C17H24N4OS/c1-4-13-10-23-16(19-13)12-6-5-7-21(9-12)17(22)14-8-18-15(20-14)11(2)3/h8,10-12H,4-7,9H2,1-3H3,(H,18,20)/t12-/m0/s1. The third kappa shape index (κ3) is 3.47.